The second-order valence-electron chi connectivity index (χ2n) is 8.41. The summed E-state index contributed by atoms with van der Waals surface area (Å²) >= 11 is 0. The molecule has 2 saturated heterocycles. The number of carbonyl (C=O) groups excluding carboxylic acids is 1. The molecule has 7 heteroatoms. The summed E-state index contributed by atoms with van der Waals surface area (Å²) in [6, 6.07) is 3.99. The maximum absolute atomic E-state index is 14.7. The van der Waals surface area contributed by atoms with Gasteiger partial charge in [-0.15, -0.1) is 0 Å². The summed E-state index contributed by atoms with van der Waals surface area (Å²) in [6.45, 7) is 4.95. The topological polar surface area (TPSA) is 60.9 Å². The highest BCUT2D eigenvalue weighted by atomic mass is 19.1. The summed E-state index contributed by atoms with van der Waals surface area (Å²) in [4.78, 5) is 19.1. The first-order valence-electron chi connectivity index (χ1n) is 10.0. The Morgan fingerprint density at radius 1 is 1.32 bits per heavy atom. The van der Waals surface area contributed by atoms with E-state index in [-0.39, 0.29) is 12.0 Å². The van der Waals surface area contributed by atoms with Gasteiger partial charge in [0.05, 0.1) is 25.4 Å². The Labute approximate surface area is 163 Å². The number of halogens is 1. The van der Waals surface area contributed by atoms with Gasteiger partial charge >= 0.3 is 5.97 Å². The lowest BCUT2D eigenvalue weighted by atomic mass is 9.72. The van der Waals surface area contributed by atoms with Crippen molar-refractivity contribution in [1.82, 2.24) is 4.98 Å². The average Bonchev–Trinajstić information content (AvgIpc) is 3.17. The fraction of sp³-hybridized carbons (Fsp3) is 0.619. The van der Waals surface area contributed by atoms with Crippen molar-refractivity contribution in [1.29, 1.82) is 0 Å². The van der Waals surface area contributed by atoms with Gasteiger partial charge in [-0.3, -0.25) is 0 Å². The summed E-state index contributed by atoms with van der Waals surface area (Å²) in [5, 5.41) is 0. The van der Waals surface area contributed by atoms with Gasteiger partial charge in [-0.1, -0.05) is 6.07 Å². The van der Waals surface area contributed by atoms with Crippen LogP contribution in [0.4, 0.5) is 10.2 Å². The normalized spacial score (nSPS) is 36.9. The number of hydrogen-bond donors (Lipinski definition) is 0. The number of ether oxygens (including phenoxy) is 3. The van der Waals surface area contributed by atoms with Crippen molar-refractivity contribution in [2.24, 2.45) is 5.92 Å². The summed E-state index contributed by atoms with van der Waals surface area (Å²) in [5.41, 5.74) is -1.01. The number of morpholine rings is 1. The first-order valence-corrected chi connectivity index (χ1v) is 10.0. The van der Waals surface area contributed by atoms with Crippen LogP contribution in [0.3, 0.4) is 0 Å². The van der Waals surface area contributed by atoms with Gasteiger partial charge in [-0.25, -0.2) is 14.2 Å². The van der Waals surface area contributed by atoms with Crippen LogP contribution >= 0.6 is 0 Å². The molecule has 2 aliphatic heterocycles. The molecule has 4 atom stereocenters. The molecule has 3 heterocycles. The maximum atomic E-state index is 14.7. The molecular weight excluding hydrogens is 363 g/mol. The zero-order valence-electron chi connectivity index (χ0n) is 16.0. The van der Waals surface area contributed by atoms with Gasteiger partial charge in [0.15, 0.2) is 0 Å². The number of nitrogens with zero attached hydrogens (tertiary/aromatic N) is 2. The predicted octanol–water partition coefficient (Wildman–Crippen LogP) is 2.57. The molecule has 0 amide bonds. The van der Waals surface area contributed by atoms with Crippen molar-refractivity contribution in [3.63, 3.8) is 0 Å². The summed E-state index contributed by atoms with van der Waals surface area (Å²) < 4.78 is 32.0. The molecule has 0 radical (unpaired) electrons. The van der Waals surface area contributed by atoms with Gasteiger partial charge in [-0.05, 0) is 49.8 Å². The highest BCUT2D eigenvalue weighted by molar-refractivity contribution is 5.94. The van der Waals surface area contributed by atoms with Crippen molar-refractivity contribution in [2.75, 3.05) is 31.2 Å². The predicted molar refractivity (Wildman–Crippen MR) is 99.6 cm³/mol. The van der Waals surface area contributed by atoms with Crippen LogP contribution < -0.4 is 4.90 Å². The van der Waals surface area contributed by atoms with Crippen molar-refractivity contribution >= 4 is 11.8 Å². The molecule has 150 valence electrons. The lowest BCUT2D eigenvalue weighted by molar-refractivity contribution is -0.142. The van der Waals surface area contributed by atoms with Crippen LogP contribution in [0.15, 0.2) is 30.0 Å². The number of esters is 1. The van der Waals surface area contributed by atoms with E-state index in [1.54, 1.807) is 0 Å². The molecule has 1 unspecified atom stereocenters. The standard InChI is InChI=1S/C21H25FN2O4/c1-20(22)10-15-3-4-17-21(15,16(11-20)19(25)28-17)27-13-14-2-5-18(23-12-14)24-6-8-26-9-7-24/h2,5,11-12,15,17H,3-4,6-10,13H2,1H3/t15?,17-,20+,21+/m1/s1. The Bertz CT molecular complexity index is 803. The molecule has 0 aromatic carbocycles. The molecular formula is C21H25FN2O4. The second-order valence-corrected chi connectivity index (χ2v) is 8.41. The van der Waals surface area contributed by atoms with Gasteiger partial charge in [0.2, 0.25) is 0 Å². The van der Waals surface area contributed by atoms with E-state index < -0.39 is 17.2 Å². The smallest absolute Gasteiger partial charge is 0.337 e. The lowest BCUT2D eigenvalue weighted by Crippen LogP contribution is -2.49. The highest BCUT2D eigenvalue weighted by Crippen LogP contribution is 2.56. The number of carbonyl (C=O) groups is 1. The molecule has 1 aromatic heterocycles. The molecule has 5 rings (SSSR count). The van der Waals surface area contributed by atoms with Crippen LogP contribution in [0.5, 0.6) is 0 Å². The van der Waals surface area contributed by atoms with Gasteiger partial charge in [0.1, 0.15) is 23.2 Å². The number of rotatable bonds is 4. The monoisotopic (exact) mass is 388 g/mol. The third-order valence-electron chi connectivity index (χ3n) is 6.46. The molecule has 6 nitrogen and oxygen atoms in total. The van der Waals surface area contributed by atoms with Crippen LogP contribution in [0.1, 0.15) is 31.7 Å². The number of anilines is 1. The Morgan fingerprint density at radius 3 is 2.89 bits per heavy atom. The van der Waals surface area contributed by atoms with Crippen molar-refractivity contribution in [3.8, 4) is 0 Å². The Morgan fingerprint density at radius 2 is 2.14 bits per heavy atom. The third-order valence-corrected chi connectivity index (χ3v) is 6.46. The van der Waals surface area contributed by atoms with Crippen LogP contribution in [0, 0.1) is 5.92 Å². The summed E-state index contributed by atoms with van der Waals surface area (Å²) in [6.07, 6.45) is 4.82. The zero-order valence-corrected chi connectivity index (χ0v) is 16.0. The molecule has 0 N–H and O–H groups in total. The van der Waals surface area contributed by atoms with E-state index in [9.17, 15) is 9.18 Å². The van der Waals surface area contributed by atoms with Crippen molar-refractivity contribution in [3.05, 3.63) is 35.5 Å². The quantitative estimate of drug-likeness (QED) is 0.739. The first-order chi connectivity index (χ1) is 13.5. The molecule has 4 aliphatic rings. The van der Waals surface area contributed by atoms with E-state index in [0.29, 0.717) is 31.8 Å². The molecule has 1 saturated carbocycles. The number of pyridine rings is 1. The highest BCUT2D eigenvalue weighted by Gasteiger charge is 2.65. The third kappa shape index (κ3) is 2.83. The number of alkyl halides is 1. The summed E-state index contributed by atoms with van der Waals surface area (Å²) in [5.74, 6) is 0.453. The lowest BCUT2D eigenvalue weighted by Gasteiger charge is -2.40. The molecule has 28 heavy (non-hydrogen) atoms. The van der Waals surface area contributed by atoms with Gasteiger partial charge in [0.25, 0.3) is 0 Å². The van der Waals surface area contributed by atoms with Gasteiger partial charge in [-0.2, -0.15) is 0 Å². The van der Waals surface area contributed by atoms with E-state index in [0.717, 1.165) is 37.3 Å². The van der Waals surface area contributed by atoms with Crippen molar-refractivity contribution < 1.29 is 23.4 Å². The first kappa shape index (κ1) is 18.1. The maximum Gasteiger partial charge on any atom is 0.337 e. The number of hydrogen-bond acceptors (Lipinski definition) is 6. The Balaban J connectivity index is 1.35. The van der Waals surface area contributed by atoms with E-state index in [1.807, 2.05) is 18.3 Å². The fourth-order valence-corrected chi connectivity index (χ4v) is 5.18. The largest absolute Gasteiger partial charge is 0.455 e. The zero-order chi connectivity index (χ0) is 19.4. The minimum Gasteiger partial charge on any atom is -0.455 e. The van der Waals surface area contributed by atoms with Gasteiger partial charge < -0.3 is 19.1 Å². The number of aromatic nitrogens is 1. The van der Waals surface area contributed by atoms with E-state index in [2.05, 4.69) is 9.88 Å². The van der Waals surface area contributed by atoms with Crippen LogP contribution in [0.25, 0.3) is 0 Å². The van der Waals surface area contributed by atoms with E-state index in [1.165, 1.54) is 13.0 Å². The van der Waals surface area contributed by atoms with E-state index in [4.69, 9.17) is 14.2 Å². The van der Waals surface area contributed by atoms with Crippen molar-refractivity contribution in [2.45, 2.75) is 50.2 Å². The molecule has 3 fully saturated rings. The Kier molecular flexibility index (Phi) is 4.21. The fourth-order valence-electron chi connectivity index (χ4n) is 5.18. The minimum atomic E-state index is -1.49. The average molecular weight is 388 g/mol. The van der Waals surface area contributed by atoms with Crippen LogP contribution in [-0.4, -0.2) is 54.6 Å². The molecule has 0 bridgehead atoms. The molecule has 0 spiro atoms. The second kappa shape index (κ2) is 6.52. The van der Waals surface area contributed by atoms with Gasteiger partial charge in [0, 0.05) is 19.3 Å². The molecule has 2 aliphatic carbocycles. The molecule has 1 aromatic rings. The van der Waals surface area contributed by atoms with Crippen LogP contribution in [-0.2, 0) is 25.6 Å². The SMILES string of the molecule is C[C@@]1(F)C=C2C(=O)O[C@@H]3CCC(C1)[C@]23OCc1ccc(N2CCOCC2)nc1. The van der Waals surface area contributed by atoms with E-state index >= 15 is 0 Å². The van der Waals surface area contributed by atoms with Crippen LogP contribution in [0.2, 0.25) is 0 Å². The Hall–Kier alpha value is -1.99. The minimum absolute atomic E-state index is 0.0421. The summed E-state index contributed by atoms with van der Waals surface area (Å²) in [7, 11) is 0. The number of allylic oxidation sites excluding steroid dienone is 1.